The summed E-state index contributed by atoms with van der Waals surface area (Å²) in [6.45, 7) is 4.47. The third-order valence-corrected chi connectivity index (χ3v) is 5.24. The lowest BCUT2D eigenvalue weighted by Crippen LogP contribution is -2.34. The zero-order valence-electron chi connectivity index (χ0n) is 15.3. The number of hydrogen-bond donors (Lipinski definition) is 0. The molecule has 0 saturated carbocycles. The monoisotopic (exact) mass is 429 g/mol. The highest BCUT2D eigenvalue weighted by Gasteiger charge is 2.35. The second-order valence-corrected chi connectivity index (χ2v) is 7.60. The van der Waals surface area contributed by atoms with E-state index in [4.69, 9.17) is 14.2 Å². The number of carbonyl (C=O) groups excluding carboxylic acids is 1. The molecule has 0 spiro atoms. The maximum atomic E-state index is 13.0. The Labute approximate surface area is 166 Å². The highest BCUT2D eigenvalue weighted by molar-refractivity contribution is 9.10. The van der Waals surface area contributed by atoms with Gasteiger partial charge in [0.15, 0.2) is 5.76 Å². The molecule has 0 N–H and O–H groups in total. The van der Waals surface area contributed by atoms with Gasteiger partial charge in [0.2, 0.25) is 5.78 Å². The summed E-state index contributed by atoms with van der Waals surface area (Å²) in [5.41, 5.74) is 3.33. The number of hydrogen-bond acceptors (Lipinski definition) is 5. The van der Waals surface area contributed by atoms with Crippen molar-refractivity contribution in [2.75, 3.05) is 27.0 Å². The molecule has 0 aromatic heterocycles. The van der Waals surface area contributed by atoms with Crippen molar-refractivity contribution in [2.45, 2.75) is 13.5 Å². The van der Waals surface area contributed by atoms with Crippen LogP contribution in [-0.4, -0.2) is 37.7 Å². The predicted octanol–water partition coefficient (Wildman–Crippen LogP) is 4.17. The van der Waals surface area contributed by atoms with E-state index in [1.807, 2.05) is 37.3 Å². The first-order chi connectivity index (χ1) is 13.1. The molecular formula is C21H20BrNO4. The summed E-state index contributed by atoms with van der Waals surface area (Å²) in [7, 11) is 1.68. The molecule has 2 aromatic carbocycles. The van der Waals surface area contributed by atoms with E-state index in [-0.39, 0.29) is 5.78 Å². The number of aryl methyl sites for hydroxylation is 1. The van der Waals surface area contributed by atoms with E-state index >= 15 is 0 Å². The molecule has 0 atom stereocenters. The van der Waals surface area contributed by atoms with E-state index in [9.17, 15) is 4.79 Å². The van der Waals surface area contributed by atoms with Crippen LogP contribution in [0, 0.1) is 6.92 Å². The van der Waals surface area contributed by atoms with Crippen LogP contribution in [0.25, 0.3) is 6.08 Å². The second-order valence-electron chi connectivity index (χ2n) is 6.69. The summed E-state index contributed by atoms with van der Waals surface area (Å²) in [4.78, 5) is 15.1. The molecular weight excluding hydrogens is 410 g/mol. The summed E-state index contributed by atoms with van der Waals surface area (Å²) in [6.07, 6.45) is 1.78. The van der Waals surface area contributed by atoms with Gasteiger partial charge in [-0.25, -0.2) is 0 Å². The van der Waals surface area contributed by atoms with Crippen molar-refractivity contribution in [1.82, 2.24) is 4.90 Å². The van der Waals surface area contributed by atoms with Gasteiger partial charge in [-0.3, -0.25) is 9.69 Å². The normalized spacial score (nSPS) is 17.4. The Bertz CT molecular complexity index is 938. The summed E-state index contributed by atoms with van der Waals surface area (Å²) >= 11 is 3.46. The molecule has 2 aliphatic rings. The number of nitrogens with zero attached hydrogens (tertiary/aromatic N) is 1. The van der Waals surface area contributed by atoms with Gasteiger partial charge in [-0.2, -0.15) is 0 Å². The zero-order valence-corrected chi connectivity index (χ0v) is 16.8. The van der Waals surface area contributed by atoms with Gasteiger partial charge in [-0.05, 0) is 42.3 Å². The first kappa shape index (κ1) is 18.2. The third-order valence-electron chi connectivity index (χ3n) is 4.75. The van der Waals surface area contributed by atoms with Gasteiger partial charge in [0.05, 0.1) is 17.7 Å². The fraction of sp³-hybridized carbons (Fsp3) is 0.286. The number of Topliss-reactive ketones (excluding diaryl/α,β-unsaturated/α-hetero) is 1. The maximum absolute atomic E-state index is 13.0. The van der Waals surface area contributed by atoms with Crippen molar-refractivity contribution in [1.29, 1.82) is 0 Å². The van der Waals surface area contributed by atoms with Crippen LogP contribution in [0.1, 0.15) is 27.0 Å². The highest BCUT2D eigenvalue weighted by Crippen LogP contribution is 2.44. The van der Waals surface area contributed by atoms with Gasteiger partial charge in [-0.15, -0.1) is 0 Å². The lowest BCUT2D eigenvalue weighted by Gasteiger charge is -2.29. The van der Waals surface area contributed by atoms with Gasteiger partial charge in [0.1, 0.15) is 18.2 Å². The van der Waals surface area contributed by atoms with Gasteiger partial charge in [0.25, 0.3) is 0 Å². The SMILES string of the molecule is COCCN1COc2cc(C)c3c(c2C1)O/C(=C\c1cccc(Br)c1)C3=O. The Kier molecular flexibility index (Phi) is 5.04. The lowest BCUT2D eigenvalue weighted by molar-refractivity contribution is 0.0646. The molecule has 0 aliphatic carbocycles. The fourth-order valence-electron chi connectivity index (χ4n) is 3.39. The number of carbonyl (C=O) groups is 1. The molecule has 2 aliphatic heterocycles. The second kappa shape index (κ2) is 7.46. The Morgan fingerprint density at radius 2 is 2.19 bits per heavy atom. The molecule has 0 unspecified atom stereocenters. The Hall–Kier alpha value is -2.15. The number of allylic oxidation sites excluding steroid dienone is 1. The van der Waals surface area contributed by atoms with Crippen LogP contribution in [0.3, 0.4) is 0 Å². The topological polar surface area (TPSA) is 48.0 Å². The minimum atomic E-state index is -0.0840. The van der Waals surface area contributed by atoms with E-state index in [0.29, 0.717) is 37.0 Å². The number of ether oxygens (including phenoxy) is 3. The molecule has 0 amide bonds. The lowest BCUT2D eigenvalue weighted by atomic mass is 9.98. The highest BCUT2D eigenvalue weighted by atomic mass is 79.9. The molecule has 0 fully saturated rings. The number of halogens is 1. The quantitative estimate of drug-likeness (QED) is 0.682. The maximum Gasteiger partial charge on any atom is 0.232 e. The smallest absolute Gasteiger partial charge is 0.232 e. The van der Waals surface area contributed by atoms with Crippen LogP contribution in [0.15, 0.2) is 40.6 Å². The van der Waals surface area contributed by atoms with Crippen molar-refractivity contribution >= 4 is 27.8 Å². The standard InChI is InChI=1S/C21H20BrNO4/c1-13-8-17-16(11-23(12-26-17)6-7-25-2)21-19(13)20(24)18(27-21)10-14-4-3-5-15(22)9-14/h3-5,8-10H,6-7,11-12H2,1-2H3/b18-10-. The summed E-state index contributed by atoms with van der Waals surface area (Å²) in [5, 5.41) is 0. The summed E-state index contributed by atoms with van der Waals surface area (Å²) < 4.78 is 18.1. The van der Waals surface area contributed by atoms with Crippen molar-refractivity contribution < 1.29 is 19.0 Å². The molecule has 5 nitrogen and oxygen atoms in total. The number of benzene rings is 2. The van der Waals surface area contributed by atoms with Crippen molar-refractivity contribution in [3.63, 3.8) is 0 Å². The van der Waals surface area contributed by atoms with E-state index in [2.05, 4.69) is 20.8 Å². The third kappa shape index (κ3) is 3.52. The molecule has 27 heavy (non-hydrogen) atoms. The van der Waals surface area contributed by atoms with Crippen LogP contribution in [0.4, 0.5) is 0 Å². The van der Waals surface area contributed by atoms with Gasteiger partial charge < -0.3 is 14.2 Å². The average Bonchev–Trinajstić information content (AvgIpc) is 2.97. The largest absolute Gasteiger partial charge is 0.478 e. The molecule has 4 rings (SSSR count). The van der Waals surface area contributed by atoms with E-state index in [1.54, 1.807) is 13.2 Å². The minimum Gasteiger partial charge on any atom is -0.478 e. The van der Waals surface area contributed by atoms with Crippen LogP contribution in [0.2, 0.25) is 0 Å². The van der Waals surface area contributed by atoms with Crippen LogP contribution >= 0.6 is 15.9 Å². The minimum absolute atomic E-state index is 0.0840. The van der Waals surface area contributed by atoms with Crippen LogP contribution in [-0.2, 0) is 11.3 Å². The molecule has 140 valence electrons. The van der Waals surface area contributed by atoms with Crippen molar-refractivity contribution in [2.24, 2.45) is 0 Å². The van der Waals surface area contributed by atoms with Gasteiger partial charge in [-0.1, -0.05) is 28.1 Å². The fourth-order valence-corrected chi connectivity index (χ4v) is 3.80. The van der Waals surface area contributed by atoms with Gasteiger partial charge >= 0.3 is 0 Å². The number of methoxy groups -OCH3 is 1. The average molecular weight is 430 g/mol. The molecule has 0 bridgehead atoms. The van der Waals surface area contributed by atoms with Crippen molar-refractivity contribution in [3.05, 3.63) is 62.8 Å². The molecule has 6 heteroatoms. The predicted molar refractivity (Wildman–Crippen MR) is 106 cm³/mol. The van der Waals surface area contributed by atoms with Crippen molar-refractivity contribution in [3.8, 4) is 11.5 Å². The first-order valence-electron chi connectivity index (χ1n) is 8.77. The Balaban J connectivity index is 1.70. The van der Waals surface area contributed by atoms with Gasteiger partial charge in [0, 0.05) is 24.7 Å². The van der Waals surface area contributed by atoms with Crippen LogP contribution in [0.5, 0.6) is 11.5 Å². The number of fused-ring (bicyclic) bond motifs is 3. The van der Waals surface area contributed by atoms with E-state index < -0.39 is 0 Å². The zero-order chi connectivity index (χ0) is 19.0. The first-order valence-corrected chi connectivity index (χ1v) is 9.56. The Morgan fingerprint density at radius 1 is 1.33 bits per heavy atom. The van der Waals surface area contributed by atoms with Crippen LogP contribution < -0.4 is 9.47 Å². The molecule has 2 heterocycles. The van der Waals surface area contributed by atoms with E-state index in [1.165, 1.54) is 0 Å². The molecule has 0 saturated heterocycles. The number of rotatable bonds is 4. The molecule has 2 aromatic rings. The summed E-state index contributed by atoms with van der Waals surface area (Å²) in [5.74, 6) is 1.67. The Morgan fingerprint density at radius 3 is 2.96 bits per heavy atom. The number of ketones is 1. The molecule has 0 radical (unpaired) electrons. The summed E-state index contributed by atoms with van der Waals surface area (Å²) in [6, 6.07) is 9.70. The van der Waals surface area contributed by atoms with E-state index in [0.717, 1.165) is 33.5 Å².